The van der Waals surface area contributed by atoms with Gasteiger partial charge in [-0.05, 0) is 43.5 Å². The minimum absolute atomic E-state index is 0.0343. The lowest BCUT2D eigenvalue weighted by Crippen LogP contribution is -2.38. The normalized spacial score (nSPS) is 16.8. The van der Waals surface area contributed by atoms with Crippen molar-refractivity contribution >= 4 is 38.4 Å². The number of para-hydroxylation sites is 2. The largest absolute Gasteiger partial charge is 0.333 e. The molecule has 7 heteroatoms. The summed E-state index contributed by atoms with van der Waals surface area (Å²) in [5.41, 5.74) is 1.60. The average molecular weight is 433 g/mol. The number of carbonyl (C=O) groups is 1. The summed E-state index contributed by atoms with van der Waals surface area (Å²) in [7, 11) is 1.73. The second-order valence-electron chi connectivity index (χ2n) is 8.03. The summed E-state index contributed by atoms with van der Waals surface area (Å²) in [6, 6.07) is 15.5. The van der Waals surface area contributed by atoms with Gasteiger partial charge in [-0.15, -0.1) is 11.3 Å². The quantitative estimate of drug-likeness (QED) is 0.484. The van der Waals surface area contributed by atoms with Crippen LogP contribution in [0.4, 0.5) is 0 Å². The fourth-order valence-electron chi connectivity index (χ4n) is 4.37. The molecular weight excluding hydrogens is 408 g/mol. The molecule has 2 aromatic heterocycles. The summed E-state index contributed by atoms with van der Waals surface area (Å²) in [5, 5.41) is 1.62. The SMILES string of the molecule is Cn1c(CCC(=O)N2CCCC[C@H]2c2nc3ccccc3s2)nc2ccccc2c1=O. The van der Waals surface area contributed by atoms with Crippen molar-refractivity contribution in [3.63, 3.8) is 0 Å². The maximum Gasteiger partial charge on any atom is 0.261 e. The van der Waals surface area contributed by atoms with Gasteiger partial charge >= 0.3 is 0 Å². The molecule has 1 amide bonds. The number of likely N-dealkylation sites (tertiary alicyclic amines) is 1. The van der Waals surface area contributed by atoms with E-state index in [-0.39, 0.29) is 17.5 Å². The number of carbonyl (C=O) groups excluding carboxylic acids is 1. The molecule has 0 spiro atoms. The predicted octanol–water partition coefficient (Wildman–Crippen LogP) is 4.23. The Labute approximate surface area is 184 Å². The number of thiazole rings is 1. The highest BCUT2D eigenvalue weighted by atomic mass is 32.1. The molecule has 31 heavy (non-hydrogen) atoms. The zero-order chi connectivity index (χ0) is 21.4. The van der Waals surface area contributed by atoms with E-state index in [2.05, 4.69) is 11.1 Å². The van der Waals surface area contributed by atoms with Crippen LogP contribution >= 0.6 is 11.3 Å². The van der Waals surface area contributed by atoms with Crippen LogP contribution in [0, 0.1) is 0 Å². The van der Waals surface area contributed by atoms with Gasteiger partial charge in [-0.2, -0.15) is 0 Å². The summed E-state index contributed by atoms with van der Waals surface area (Å²) in [4.78, 5) is 37.3. The fraction of sp³-hybridized carbons (Fsp3) is 0.333. The van der Waals surface area contributed by atoms with Crippen molar-refractivity contribution in [2.45, 2.75) is 38.1 Å². The van der Waals surface area contributed by atoms with Crippen LogP contribution in [0.3, 0.4) is 0 Å². The van der Waals surface area contributed by atoms with E-state index in [9.17, 15) is 9.59 Å². The van der Waals surface area contributed by atoms with Crippen LogP contribution in [0.2, 0.25) is 0 Å². The molecule has 3 heterocycles. The smallest absolute Gasteiger partial charge is 0.261 e. The molecule has 5 rings (SSSR count). The molecule has 4 aromatic rings. The maximum atomic E-state index is 13.2. The molecule has 2 aromatic carbocycles. The van der Waals surface area contributed by atoms with E-state index in [1.54, 1.807) is 29.0 Å². The number of benzene rings is 2. The molecule has 0 unspecified atom stereocenters. The molecule has 0 bridgehead atoms. The number of nitrogens with zero attached hydrogens (tertiary/aromatic N) is 4. The molecule has 1 aliphatic rings. The van der Waals surface area contributed by atoms with Gasteiger partial charge < -0.3 is 4.90 Å². The number of amides is 1. The molecule has 1 saturated heterocycles. The number of hydrogen-bond acceptors (Lipinski definition) is 5. The Morgan fingerprint density at radius 3 is 2.68 bits per heavy atom. The van der Waals surface area contributed by atoms with E-state index in [1.807, 2.05) is 41.3 Å². The van der Waals surface area contributed by atoms with Crippen LogP contribution in [0.5, 0.6) is 0 Å². The first-order valence-corrected chi connectivity index (χ1v) is 11.5. The number of piperidine rings is 1. The minimum atomic E-state index is -0.0710. The van der Waals surface area contributed by atoms with E-state index in [4.69, 9.17) is 4.98 Å². The Morgan fingerprint density at radius 1 is 1.06 bits per heavy atom. The van der Waals surface area contributed by atoms with Gasteiger partial charge in [-0.1, -0.05) is 24.3 Å². The van der Waals surface area contributed by atoms with Crippen molar-refractivity contribution in [2.24, 2.45) is 7.05 Å². The molecule has 0 radical (unpaired) electrons. The Bertz CT molecular complexity index is 1290. The van der Waals surface area contributed by atoms with Gasteiger partial charge in [0.05, 0.1) is 27.2 Å². The van der Waals surface area contributed by atoms with Crippen molar-refractivity contribution in [1.82, 2.24) is 19.4 Å². The Morgan fingerprint density at radius 2 is 1.84 bits per heavy atom. The van der Waals surface area contributed by atoms with Crippen molar-refractivity contribution in [3.8, 4) is 0 Å². The number of aromatic nitrogens is 3. The second kappa shape index (κ2) is 8.23. The van der Waals surface area contributed by atoms with Crippen LogP contribution in [0.1, 0.15) is 42.6 Å². The Balaban J connectivity index is 1.37. The first-order valence-electron chi connectivity index (χ1n) is 10.7. The number of rotatable bonds is 4. The standard InChI is InChI=1S/C24H24N4O2S/c1-27-21(25-17-9-3-2-8-16(17)24(27)30)13-14-22(29)28-15-7-6-11-19(28)23-26-18-10-4-5-12-20(18)31-23/h2-5,8-10,12,19H,6-7,11,13-15H2,1H3/t19-/m0/s1. The first kappa shape index (κ1) is 19.9. The van der Waals surface area contributed by atoms with Crippen LogP contribution in [0.15, 0.2) is 53.3 Å². The van der Waals surface area contributed by atoms with Crippen LogP contribution in [0.25, 0.3) is 21.1 Å². The van der Waals surface area contributed by atoms with Gasteiger partial charge in [-0.25, -0.2) is 9.97 Å². The monoisotopic (exact) mass is 432 g/mol. The van der Waals surface area contributed by atoms with Gasteiger partial charge in [0.15, 0.2) is 0 Å². The summed E-state index contributed by atoms with van der Waals surface area (Å²) < 4.78 is 2.72. The number of hydrogen-bond donors (Lipinski definition) is 0. The topological polar surface area (TPSA) is 68.1 Å². The van der Waals surface area contributed by atoms with Crippen LogP contribution < -0.4 is 5.56 Å². The predicted molar refractivity (Wildman–Crippen MR) is 123 cm³/mol. The highest BCUT2D eigenvalue weighted by Gasteiger charge is 2.30. The molecule has 0 saturated carbocycles. The minimum Gasteiger partial charge on any atom is -0.333 e. The summed E-state index contributed by atoms with van der Waals surface area (Å²) in [6.07, 6.45) is 3.84. The second-order valence-corrected chi connectivity index (χ2v) is 9.09. The average Bonchev–Trinajstić information content (AvgIpc) is 3.24. The van der Waals surface area contributed by atoms with Crippen LogP contribution in [-0.4, -0.2) is 31.9 Å². The highest BCUT2D eigenvalue weighted by Crippen LogP contribution is 2.36. The lowest BCUT2D eigenvalue weighted by atomic mass is 10.0. The molecule has 1 aliphatic heterocycles. The third-order valence-electron chi connectivity index (χ3n) is 6.06. The number of fused-ring (bicyclic) bond motifs is 2. The highest BCUT2D eigenvalue weighted by molar-refractivity contribution is 7.18. The van der Waals surface area contributed by atoms with Gasteiger partial charge in [-0.3, -0.25) is 14.2 Å². The Hall–Kier alpha value is -3.06. The third-order valence-corrected chi connectivity index (χ3v) is 7.19. The van der Waals surface area contributed by atoms with E-state index < -0.39 is 0 Å². The Kier molecular flexibility index (Phi) is 5.28. The van der Waals surface area contributed by atoms with Gasteiger partial charge in [0.2, 0.25) is 5.91 Å². The molecule has 1 fully saturated rings. The summed E-state index contributed by atoms with van der Waals surface area (Å²) in [6.45, 7) is 0.753. The molecule has 158 valence electrons. The summed E-state index contributed by atoms with van der Waals surface area (Å²) >= 11 is 1.68. The molecular formula is C24H24N4O2S. The first-order chi connectivity index (χ1) is 15.1. The molecule has 0 N–H and O–H groups in total. The van der Waals surface area contributed by atoms with Crippen molar-refractivity contribution in [1.29, 1.82) is 0 Å². The summed E-state index contributed by atoms with van der Waals surface area (Å²) in [5.74, 6) is 0.747. The molecule has 0 aliphatic carbocycles. The van der Waals surface area contributed by atoms with Crippen molar-refractivity contribution in [2.75, 3.05) is 6.54 Å². The third kappa shape index (κ3) is 3.74. The zero-order valence-corrected chi connectivity index (χ0v) is 18.3. The fourth-order valence-corrected chi connectivity index (χ4v) is 5.48. The zero-order valence-electron chi connectivity index (χ0n) is 17.5. The van der Waals surface area contributed by atoms with Crippen molar-refractivity contribution in [3.05, 3.63) is 69.7 Å². The van der Waals surface area contributed by atoms with Gasteiger partial charge in [0.25, 0.3) is 5.56 Å². The maximum absolute atomic E-state index is 13.2. The van der Waals surface area contributed by atoms with E-state index >= 15 is 0 Å². The van der Waals surface area contributed by atoms with Crippen LogP contribution in [-0.2, 0) is 18.3 Å². The lowest BCUT2D eigenvalue weighted by molar-refractivity contribution is -0.135. The van der Waals surface area contributed by atoms with E-state index in [0.29, 0.717) is 29.6 Å². The number of aryl methyl sites for hydroxylation is 1. The van der Waals surface area contributed by atoms with Gasteiger partial charge in [0.1, 0.15) is 10.8 Å². The van der Waals surface area contributed by atoms with Gasteiger partial charge in [0, 0.05) is 26.4 Å². The van der Waals surface area contributed by atoms with Crippen molar-refractivity contribution < 1.29 is 4.79 Å². The lowest BCUT2D eigenvalue weighted by Gasteiger charge is -2.34. The van der Waals surface area contributed by atoms with E-state index in [1.165, 1.54) is 0 Å². The molecule has 1 atom stereocenters. The molecule has 6 nitrogen and oxygen atoms in total. The van der Waals surface area contributed by atoms with E-state index in [0.717, 1.165) is 41.0 Å².